The largest absolute Gasteiger partial charge is 0.497 e. The van der Waals surface area contributed by atoms with Crippen LogP contribution in [0.25, 0.3) is 5.69 Å². The molecule has 0 amide bonds. The number of carbonyl (C=O) groups is 1. The van der Waals surface area contributed by atoms with Gasteiger partial charge in [0, 0.05) is 29.3 Å². The van der Waals surface area contributed by atoms with E-state index in [9.17, 15) is 9.90 Å². The molecule has 2 aromatic heterocycles. The van der Waals surface area contributed by atoms with Crippen LogP contribution in [0.5, 0.6) is 11.5 Å². The molecule has 1 saturated heterocycles. The molecule has 1 fully saturated rings. The van der Waals surface area contributed by atoms with Crippen LogP contribution in [-0.2, 0) is 0 Å². The minimum absolute atomic E-state index is 0.233. The molecule has 0 saturated carbocycles. The molecule has 1 aliphatic heterocycles. The average molecular weight is 529 g/mol. The predicted octanol–water partition coefficient (Wildman–Crippen LogP) is 5.38. The quantitative estimate of drug-likeness (QED) is 0.309. The van der Waals surface area contributed by atoms with Gasteiger partial charge in [-0.3, -0.25) is 4.98 Å². The first-order valence-corrected chi connectivity index (χ1v) is 12.5. The highest BCUT2D eigenvalue weighted by atomic mass is 32.1. The van der Waals surface area contributed by atoms with Crippen molar-refractivity contribution in [1.29, 1.82) is 0 Å². The summed E-state index contributed by atoms with van der Waals surface area (Å²) in [6.07, 6.45) is 1.78. The van der Waals surface area contributed by atoms with Crippen LogP contribution >= 0.6 is 12.2 Å². The summed E-state index contributed by atoms with van der Waals surface area (Å²) in [5.41, 5.74) is 5.84. The summed E-state index contributed by atoms with van der Waals surface area (Å²) in [7, 11) is 3.26. The number of methoxy groups -OCH3 is 2. The number of hydrogen-bond acceptors (Lipinski definition) is 5. The van der Waals surface area contributed by atoms with Crippen LogP contribution < -0.4 is 19.7 Å². The third kappa shape index (κ3) is 4.35. The zero-order chi connectivity index (χ0) is 27.0. The maximum atomic E-state index is 11.4. The Hall–Kier alpha value is -4.37. The number of benzene rings is 2. The van der Waals surface area contributed by atoms with E-state index in [0.717, 1.165) is 34.0 Å². The van der Waals surface area contributed by atoms with Gasteiger partial charge in [-0.25, -0.2) is 4.79 Å². The number of aromatic carboxylic acids is 1. The lowest BCUT2D eigenvalue weighted by atomic mass is 9.96. The molecule has 5 rings (SSSR count). The molecular formula is C29H28N4O4S. The van der Waals surface area contributed by atoms with Crippen LogP contribution in [0.4, 0.5) is 5.69 Å². The fourth-order valence-corrected chi connectivity index (χ4v) is 5.49. The summed E-state index contributed by atoms with van der Waals surface area (Å²) < 4.78 is 13.4. The number of rotatable bonds is 7. The third-order valence-corrected chi connectivity index (χ3v) is 7.22. The fraction of sp³-hybridized carbons (Fsp3) is 0.207. The summed E-state index contributed by atoms with van der Waals surface area (Å²) in [5.74, 6) is 0.400. The first kappa shape index (κ1) is 25.3. The van der Waals surface area contributed by atoms with Gasteiger partial charge in [0.25, 0.3) is 0 Å². The molecule has 1 aliphatic rings. The standard InChI is InChI=1S/C29H28N4O4S/c1-17-15-22(18(2)32(17)20-10-8-19(9-11-20)28(34)35)27-26(23-7-5-6-14-30-23)31-29(38)33(27)24-16-21(36-3)12-13-25(24)37-4/h5-16,26-27H,1-4H3,(H,31,38)(H,34,35)/t26-,27-/m0/s1. The Kier molecular flexibility index (Phi) is 6.77. The van der Waals surface area contributed by atoms with E-state index in [-0.39, 0.29) is 17.6 Å². The van der Waals surface area contributed by atoms with Crippen molar-refractivity contribution in [1.82, 2.24) is 14.9 Å². The molecular weight excluding hydrogens is 500 g/mol. The van der Waals surface area contributed by atoms with Crippen LogP contribution in [0.2, 0.25) is 0 Å². The van der Waals surface area contributed by atoms with Gasteiger partial charge in [0.1, 0.15) is 11.5 Å². The van der Waals surface area contributed by atoms with Crippen LogP contribution in [0.3, 0.4) is 0 Å². The smallest absolute Gasteiger partial charge is 0.335 e. The summed E-state index contributed by atoms with van der Waals surface area (Å²) >= 11 is 5.91. The number of thiocarbonyl (C=S) groups is 1. The number of aryl methyl sites for hydroxylation is 1. The zero-order valence-corrected chi connectivity index (χ0v) is 22.3. The molecule has 194 valence electrons. The topological polar surface area (TPSA) is 88.9 Å². The number of pyridine rings is 1. The Morgan fingerprint density at radius 2 is 1.79 bits per heavy atom. The number of carboxylic acids is 1. The average Bonchev–Trinajstić information content (AvgIpc) is 3.43. The Labute approximate surface area is 226 Å². The van der Waals surface area contributed by atoms with Crippen LogP contribution in [0.1, 0.15) is 45.1 Å². The molecule has 4 aromatic rings. The first-order chi connectivity index (χ1) is 18.3. The van der Waals surface area contributed by atoms with Crippen molar-refractivity contribution < 1.29 is 19.4 Å². The number of carboxylic acid groups (broad SMARTS) is 1. The van der Waals surface area contributed by atoms with Crippen molar-refractivity contribution in [2.45, 2.75) is 25.9 Å². The molecule has 0 bridgehead atoms. The second kappa shape index (κ2) is 10.2. The van der Waals surface area contributed by atoms with Crippen molar-refractivity contribution in [3.8, 4) is 17.2 Å². The maximum Gasteiger partial charge on any atom is 0.335 e. The van der Waals surface area contributed by atoms with Crippen LogP contribution in [0, 0.1) is 13.8 Å². The summed E-state index contributed by atoms with van der Waals surface area (Å²) in [6, 6.07) is 20.0. The van der Waals surface area contributed by atoms with Gasteiger partial charge >= 0.3 is 5.97 Å². The molecule has 9 heteroatoms. The van der Waals surface area contributed by atoms with Gasteiger partial charge in [-0.2, -0.15) is 0 Å². The number of anilines is 1. The Morgan fingerprint density at radius 3 is 2.42 bits per heavy atom. The van der Waals surface area contributed by atoms with Gasteiger partial charge in [-0.1, -0.05) is 6.07 Å². The van der Waals surface area contributed by atoms with Gasteiger partial charge in [-0.15, -0.1) is 0 Å². The first-order valence-electron chi connectivity index (χ1n) is 12.1. The lowest BCUT2D eigenvalue weighted by Crippen LogP contribution is -2.30. The molecule has 0 spiro atoms. The SMILES string of the molecule is COc1ccc(OC)c(N2C(=S)N[C@@H](c3ccccn3)[C@@H]2c2cc(C)n(-c3ccc(C(=O)O)cc3)c2C)c1. The van der Waals surface area contributed by atoms with Crippen molar-refractivity contribution in [2.75, 3.05) is 19.1 Å². The third-order valence-electron chi connectivity index (χ3n) is 6.91. The van der Waals surface area contributed by atoms with Gasteiger partial charge in [-0.05, 0) is 86.2 Å². The summed E-state index contributed by atoms with van der Waals surface area (Å²) in [5, 5.41) is 13.4. The number of nitrogens with zero attached hydrogens (tertiary/aromatic N) is 3. The Bertz CT molecular complexity index is 1500. The normalized spacial score (nSPS) is 16.8. The molecule has 2 atom stereocenters. The number of nitrogens with one attached hydrogen (secondary N) is 1. The van der Waals surface area contributed by atoms with E-state index in [1.54, 1.807) is 32.5 Å². The highest BCUT2D eigenvalue weighted by Gasteiger charge is 2.43. The maximum absolute atomic E-state index is 11.4. The van der Waals surface area contributed by atoms with Crippen molar-refractivity contribution in [3.05, 3.63) is 101 Å². The lowest BCUT2D eigenvalue weighted by molar-refractivity contribution is 0.0697. The Morgan fingerprint density at radius 1 is 1.03 bits per heavy atom. The fourth-order valence-electron chi connectivity index (χ4n) is 5.15. The van der Waals surface area contributed by atoms with E-state index in [4.69, 9.17) is 21.7 Å². The monoisotopic (exact) mass is 528 g/mol. The molecule has 2 aromatic carbocycles. The summed E-state index contributed by atoms with van der Waals surface area (Å²) in [4.78, 5) is 18.1. The van der Waals surface area contributed by atoms with Crippen LogP contribution in [-0.4, -0.2) is 40.0 Å². The zero-order valence-electron chi connectivity index (χ0n) is 21.5. The Balaban J connectivity index is 1.69. The molecule has 0 radical (unpaired) electrons. The number of aromatic nitrogens is 2. The van der Waals surface area contributed by atoms with Gasteiger partial charge < -0.3 is 29.4 Å². The predicted molar refractivity (Wildman–Crippen MR) is 150 cm³/mol. The molecule has 3 heterocycles. The molecule has 0 aliphatic carbocycles. The highest BCUT2D eigenvalue weighted by Crippen LogP contribution is 2.47. The van der Waals surface area contributed by atoms with E-state index in [2.05, 4.69) is 32.8 Å². The lowest BCUT2D eigenvalue weighted by Gasteiger charge is -2.29. The van der Waals surface area contributed by atoms with E-state index in [1.807, 2.05) is 55.5 Å². The van der Waals surface area contributed by atoms with Crippen molar-refractivity contribution in [2.24, 2.45) is 0 Å². The van der Waals surface area contributed by atoms with Gasteiger partial charge in [0.05, 0.1) is 43.2 Å². The van der Waals surface area contributed by atoms with Crippen molar-refractivity contribution >= 4 is 29.0 Å². The molecule has 8 nitrogen and oxygen atoms in total. The van der Waals surface area contributed by atoms with Gasteiger partial charge in [0.15, 0.2) is 5.11 Å². The number of ether oxygens (including phenoxy) is 2. The number of hydrogen-bond donors (Lipinski definition) is 2. The molecule has 38 heavy (non-hydrogen) atoms. The van der Waals surface area contributed by atoms with E-state index >= 15 is 0 Å². The van der Waals surface area contributed by atoms with Crippen LogP contribution in [0.15, 0.2) is 72.9 Å². The molecule has 2 N–H and O–H groups in total. The van der Waals surface area contributed by atoms with E-state index < -0.39 is 5.97 Å². The highest BCUT2D eigenvalue weighted by molar-refractivity contribution is 7.80. The van der Waals surface area contributed by atoms with E-state index in [1.165, 1.54) is 0 Å². The molecule has 0 unspecified atom stereocenters. The second-order valence-electron chi connectivity index (χ2n) is 9.05. The second-order valence-corrected chi connectivity index (χ2v) is 9.43. The van der Waals surface area contributed by atoms with E-state index in [0.29, 0.717) is 16.6 Å². The summed E-state index contributed by atoms with van der Waals surface area (Å²) in [6.45, 7) is 4.10. The van der Waals surface area contributed by atoms with Crippen molar-refractivity contribution in [3.63, 3.8) is 0 Å². The minimum atomic E-state index is -0.954. The van der Waals surface area contributed by atoms with Gasteiger partial charge in [0.2, 0.25) is 0 Å². The minimum Gasteiger partial charge on any atom is -0.497 e.